The molecule has 0 aliphatic heterocycles. The van der Waals surface area contributed by atoms with Gasteiger partial charge in [-0.1, -0.05) is 6.92 Å². The molecule has 0 saturated heterocycles. The van der Waals surface area contributed by atoms with Gasteiger partial charge in [-0.15, -0.1) is 0 Å². The summed E-state index contributed by atoms with van der Waals surface area (Å²) in [5.74, 6) is -0.328. The largest absolute Gasteiger partial charge is 0.461 e. The number of carbonyl (C=O) groups excluding carboxylic acids is 1. The van der Waals surface area contributed by atoms with Crippen molar-refractivity contribution in [2.24, 2.45) is 0 Å². The van der Waals surface area contributed by atoms with E-state index in [1.165, 1.54) is 0 Å². The number of rotatable bonds is 7. The molecule has 1 aromatic rings. The third-order valence-corrected chi connectivity index (χ3v) is 2.32. The SMILES string of the molecule is CCCn1cc(N)cc1C(=O)OCCCOC. The summed E-state index contributed by atoms with van der Waals surface area (Å²) in [6.45, 7) is 3.76. The summed E-state index contributed by atoms with van der Waals surface area (Å²) in [6, 6.07) is 1.65. The molecule has 0 saturated carbocycles. The van der Waals surface area contributed by atoms with E-state index in [2.05, 4.69) is 0 Å². The average molecular weight is 240 g/mol. The molecule has 96 valence electrons. The van der Waals surface area contributed by atoms with E-state index in [1.54, 1.807) is 19.4 Å². The molecule has 0 aliphatic rings. The number of nitrogens with two attached hydrogens (primary N) is 1. The number of hydrogen-bond donors (Lipinski definition) is 1. The lowest BCUT2D eigenvalue weighted by Crippen LogP contribution is -2.13. The van der Waals surface area contributed by atoms with Gasteiger partial charge in [-0.3, -0.25) is 0 Å². The summed E-state index contributed by atoms with van der Waals surface area (Å²) < 4.78 is 11.8. The van der Waals surface area contributed by atoms with Gasteiger partial charge in [0.05, 0.1) is 12.3 Å². The predicted octanol–water partition coefficient (Wildman–Crippen LogP) is 1.67. The van der Waals surface area contributed by atoms with Crippen molar-refractivity contribution in [1.82, 2.24) is 4.57 Å². The summed E-state index contributed by atoms with van der Waals surface area (Å²) in [4.78, 5) is 11.8. The fourth-order valence-corrected chi connectivity index (χ4v) is 1.57. The first-order valence-corrected chi connectivity index (χ1v) is 5.80. The van der Waals surface area contributed by atoms with Crippen molar-refractivity contribution in [3.63, 3.8) is 0 Å². The molecule has 0 unspecified atom stereocenters. The highest BCUT2D eigenvalue weighted by molar-refractivity contribution is 5.89. The smallest absolute Gasteiger partial charge is 0.355 e. The fraction of sp³-hybridized carbons (Fsp3) is 0.583. The normalized spacial score (nSPS) is 10.5. The van der Waals surface area contributed by atoms with E-state index in [0.717, 1.165) is 13.0 Å². The van der Waals surface area contributed by atoms with E-state index in [9.17, 15) is 4.79 Å². The van der Waals surface area contributed by atoms with Crippen molar-refractivity contribution in [3.05, 3.63) is 18.0 Å². The molecule has 17 heavy (non-hydrogen) atoms. The Morgan fingerprint density at radius 2 is 2.24 bits per heavy atom. The van der Waals surface area contributed by atoms with Gasteiger partial charge in [0.1, 0.15) is 5.69 Å². The van der Waals surface area contributed by atoms with E-state index in [1.807, 2.05) is 11.5 Å². The zero-order valence-electron chi connectivity index (χ0n) is 10.4. The van der Waals surface area contributed by atoms with Gasteiger partial charge in [-0.05, 0) is 12.5 Å². The molecule has 5 heteroatoms. The summed E-state index contributed by atoms with van der Waals surface area (Å²) in [6.07, 6.45) is 3.40. The molecule has 2 N–H and O–H groups in total. The van der Waals surface area contributed by atoms with Gasteiger partial charge in [0.15, 0.2) is 0 Å². The molecule has 5 nitrogen and oxygen atoms in total. The summed E-state index contributed by atoms with van der Waals surface area (Å²) in [7, 11) is 1.62. The zero-order chi connectivity index (χ0) is 12.7. The highest BCUT2D eigenvalue weighted by Crippen LogP contribution is 2.12. The Labute approximate surface area is 101 Å². The van der Waals surface area contributed by atoms with E-state index in [4.69, 9.17) is 15.2 Å². The van der Waals surface area contributed by atoms with Gasteiger partial charge in [-0.2, -0.15) is 0 Å². The van der Waals surface area contributed by atoms with Crippen LogP contribution in [-0.2, 0) is 16.0 Å². The number of nitrogen functional groups attached to an aromatic ring is 1. The molecular formula is C12H20N2O3. The molecule has 1 heterocycles. The van der Waals surface area contributed by atoms with Crippen LogP contribution in [0.5, 0.6) is 0 Å². The summed E-state index contributed by atoms with van der Waals surface area (Å²) >= 11 is 0. The van der Waals surface area contributed by atoms with Crippen LogP contribution in [0.15, 0.2) is 12.3 Å². The Hall–Kier alpha value is -1.49. The van der Waals surface area contributed by atoms with Gasteiger partial charge >= 0.3 is 5.97 Å². The van der Waals surface area contributed by atoms with Crippen LogP contribution < -0.4 is 5.73 Å². The number of aryl methyl sites for hydroxylation is 1. The first-order valence-electron chi connectivity index (χ1n) is 5.80. The maximum Gasteiger partial charge on any atom is 0.355 e. The number of nitrogens with zero attached hydrogens (tertiary/aromatic N) is 1. The van der Waals surface area contributed by atoms with Gasteiger partial charge in [0, 0.05) is 32.9 Å². The minimum absolute atomic E-state index is 0.328. The Morgan fingerprint density at radius 1 is 1.47 bits per heavy atom. The summed E-state index contributed by atoms with van der Waals surface area (Å²) in [5, 5.41) is 0. The third kappa shape index (κ3) is 4.11. The number of ether oxygens (including phenoxy) is 2. The molecule has 0 aliphatic carbocycles. The first kappa shape index (κ1) is 13.6. The molecule has 1 rings (SSSR count). The van der Waals surface area contributed by atoms with Crippen molar-refractivity contribution in [2.75, 3.05) is 26.1 Å². The van der Waals surface area contributed by atoms with Gasteiger partial charge in [-0.25, -0.2) is 4.79 Å². The lowest BCUT2D eigenvalue weighted by Gasteiger charge is -2.07. The molecule has 0 spiro atoms. The minimum Gasteiger partial charge on any atom is -0.461 e. The molecule has 1 aromatic heterocycles. The second kappa shape index (κ2) is 6.96. The maximum atomic E-state index is 11.8. The fourth-order valence-electron chi connectivity index (χ4n) is 1.57. The monoisotopic (exact) mass is 240 g/mol. The Morgan fingerprint density at radius 3 is 2.88 bits per heavy atom. The topological polar surface area (TPSA) is 66.5 Å². The van der Waals surface area contributed by atoms with Crippen molar-refractivity contribution in [1.29, 1.82) is 0 Å². The van der Waals surface area contributed by atoms with Crippen LogP contribution >= 0.6 is 0 Å². The quantitative estimate of drug-likeness (QED) is 0.581. The standard InChI is InChI=1S/C12H20N2O3/c1-3-5-14-9-10(13)8-11(14)12(15)17-7-4-6-16-2/h8-9H,3-7,13H2,1-2H3. The number of anilines is 1. The van der Waals surface area contributed by atoms with Crippen LogP contribution in [-0.4, -0.2) is 30.9 Å². The molecule has 0 fully saturated rings. The van der Waals surface area contributed by atoms with E-state index in [-0.39, 0.29) is 5.97 Å². The number of carbonyl (C=O) groups is 1. The molecule has 0 radical (unpaired) electrons. The molecular weight excluding hydrogens is 220 g/mol. The van der Waals surface area contributed by atoms with E-state index in [0.29, 0.717) is 31.0 Å². The number of methoxy groups -OCH3 is 1. The van der Waals surface area contributed by atoms with Crippen LogP contribution in [0.1, 0.15) is 30.3 Å². The Balaban J connectivity index is 2.55. The number of aromatic nitrogens is 1. The van der Waals surface area contributed by atoms with Gasteiger partial charge in [0.25, 0.3) is 0 Å². The second-order valence-corrected chi connectivity index (χ2v) is 3.83. The van der Waals surface area contributed by atoms with Crippen molar-refractivity contribution in [2.45, 2.75) is 26.3 Å². The molecule has 0 aromatic carbocycles. The van der Waals surface area contributed by atoms with E-state index < -0.39 is 0 Å². The zero-order valence-corrected chi connectivity index (χ0v) is 10.4. The van der Waals surface area contributed by atoms with Crippen molar-refractivity contribution < 1.29 is 14.3 Å². The van der Waals surface area contributed by atoms with Gasteiger partial charge in [0.2, 0.25) is 0 Å². The lowest BCUT2D eigenvalue weighted by atomic mass is 10.4. The Kier molecular flexibility index (Phi) is 5.56. The minimum atomic E-state index is -0.328. The van der Waals surface area contributed by atoms with Crippen LogP contribution in [0.4, 0.5) is 5.69 Å². The lowest BCUT2D eigenvalue weighted by molar-refractivity contribution is 0.0456. The first-order chi connectivity index (χ1) is 8.19. The Bertz CT molecular complexity index is 361. The van der Waals surface area contributed by atoms with Crippen molar-refractivity contribution >= 4 is 11.7 Å². The van der Waals surface area contributed by atoms with Gasteiger partial charge < -0.3 is 19.8 Å². The van der Waals surface area contributed by atoms with Crippen LogP contribution in [0.25, 0.3) is 0 Å². The average Bonchev–Trinajstić information content (AvgIpc) is 2.66. The maximum absolute atomic E-state index is 11.8. The molecule has 0 bridgehead atoms. The van der Waals surface area contributed by atoms with E-state index >= 15 is 0 Å². The molecule has 0 amide bonds. The van der Waals surface area contributed by atoms with Crippen LogP contribution in [0.3, 0.4) is 0 Å². The highest BCUT2D eigenvalue weighted by atomic mass is 16.5. The highest BCUT2D eigenvalue weighted by Gasteiger charge is 2.13. The van der Waals surface area contributed by atoms with Crippen molar-refractivity contribution in [3.8, 4) is 0 Å². The number of hydrogen-bond acceptors (Lipinski definition) is 4. The van der Waals surface area contributed by atoms with Crippen LogP contribution in [0, 0.1) is 0 Å². The predicted molar refractivity (Wildman–Crippen MR) is 65.9 cm³/mol. The molecule has 0 atom stereocenters. The number of esters is 1. The summed E-state index contributed by atoms with van der Waals surface area (Å²) in [5.41, 5.74) is 6.78. The second-order valence-electron chi connectivity index (χ2n) is 3.83. The third-order valence-electron chi connectivity index (χ3n) is 2.32. The van der Waals surface area contributed by atoms with Crippen LogP contribution in [0.2, 0.25) is 0 Å².